The summed E-state index contributed by atoms with van der Waals surface area (Å²) in [4.78, 5) is 0. The molecule has 88 valence electrons. The number of benzene rings is 1. The van der Waals surface area contributed by atoms with Gasteiger partial charge in [0.25, 0.3) is 0 Å². The lowest BCUT2D eigenvalue weighted by atomic mass is 9.88. The zero-order chi connectivity index (χ0) is 11.6. The van der Waals surface area contributed by atoms with Crippen LogP contribution in [0.15, 0.2) is 24.3 Å². The summed E-state index contributed by atoms with van der Waals surface area (Å²) >= 11 is 0. The number of aryl methyl sites for hydroxylation is 1. The first-order chi connectivity index (χ1) is 7.61. The molecule has 2 heteroatoms. The van der Waals surface area contributed by atoms with Gasteiger partial charge in [-0.05, 0) is 25.0 Å². The van der Waals surface area contributed by atoms with Crippen LogP contribution < -0.4 is 5.32 Å². The van der Waals surface area contributed by atoms with E-state index in [0.29, 0.717) is 11.5 Å². The Morgan fingerprint density at radius 2 is 2.06 bits per heavy atom. The topological polar surface area (TPSA) is 21.3 Å². The fourth-order valence-electron chi connectivity index (χ4n) is 2.13. The van der Waals surface area contributed by atoms with Crippen molar-refractivity contribution in [2.24, 2.45) is 5.41 Å². The molecule has 0 radical (unpaired) electrons. The smallest absolute Gasteiger partial charge is 0.0554 e. The Bertz CT molecular complexity index is 358. The molecule has 1 fully saturated rings. The van der Waals surface area contributed by atoms with E-state index in [1.165, 1.54) is 11.1 Å². The molecule has 1 saturated heterocycles. The third kappa shape index (κ3) is 2.45. The summed E-state index contributed by atoms with van der Waals surface area (Å²) in [6.45, 7) is 9.48. The van der Waals surface area contributed by atoms with Crippen LogP contribution in [0.25, 0.3) is 0 Å². The first-order valence-corrected chi connectivity index (χ1v) is 5.97. The molecule has 0 aliphatic carbocycles. The summed E-state index contributed by atoms with van der Waals surface area (Å²) in [5, 5.41) is 3.60. The Kier molecular flexibility index (Phi) is 3.31. The molecular formula is C14H21NO. The van der Waals surface area contributed by atoms with Gasteiger partial charge < -0.3 is 10.1 Å². The second-order valence-electron chi connectivity index (χ2n) is 5.26. The molecule has 0 aromatic heterocycles. The van der Waals surface area contributed by atoms with E-state index in [4.69, 9.17) is 4.74 Å². The van der Waals surface area contributed by atoms with Crippen molar-refractivity contribution in [3.63, 3.8) is 0 Å². The van der Waals surface area contributed by atoms with Crippen LogP contribution in [0.4, 0.5) is 0 Å². The standard InChI is InChI=1S/C14H21NO/c1-11-6-4-5-7-13(11)12(2)15-8-14(3)9-16-10-14/h4-7,12,15H,8-10H2,1-3H3/t12-/m0/s1. The lowest BCUT2D eigenvalue weighted by molar-refractivity contribution is -0.0999. The van der Waals surface area contributed by atoms with Crippen LogP contribution in [-0.4, -0.2) is 19.8 Å². The lowest BCUT2D eigenvalue weighted by Crippen LogP contribution is -2.47. The van der Waals surface area contributed by atoms with Crippen LogP contribution in [0.3, 0.4) is 0 Å². The lowest BCUT2D eigenvalue weighted by Gasteiger charge is -2.39. The van der Waals surface area contributed by atoms with Crippen LogP contribution in [0, 0.1) is 12.3 Å². The van der Waals surface area contributed by atoms with Gasteiger partial charge in [-0.15, -0.1) is 0 Å². The number of hydrogen-bond acceptors (Lipinski definition) is 2. The first-order valence-electron chi connectivity index (χ1n) is 5.97. The minimum Gasteiger partial charge on any atom is -0.380 e. The fourth-order valence-corrected chi connectivity index (χ4v) is 2.13. The van der Waals surface area contributed by atoms with Crippen molar-refractivity contribution in [3.05, 3.63) is 35.4 Å². The summed E-state index contributed by atoms with van der Waals surface area (Å²) < 4.78 is 5.26. The minimum atomic E-state index is 0.344. The van der Waals surface area contributed by atoms with Gasteiger partial charge in [0, 0.05) is 18.0 Å². The van der Waals surface area contributed by atoms with Crippen LogP contribution in [-0.2, 0) is 4.74 Å². The fraction of sp³-hybridized carbons (Fsp3) is 0.571. The third-order valence-corrected chi connectivity index (χ3v) is 3.39. The molecular weight excluding hydrogens is 198 g/mol. The Morgan fingerprint density at radius 1 is 1.38 bits per heavy atom. The molecule has 1 aliphatic heterocycles. The monoisotopic (exact) mass is 219 g/mol. The molecule has 1 heterocycles. The average molecular weight is 219 g/mol. The summed E-state index contributed by atoms with van der Waals surface area (Å²) in [5.74, 6) is 0. The zero-order valence-corrected chi connectivity index (χ0v) is 10.4. The van der Waals surface area contributed by atoms with Gasteiger partial charge >= 0.3 is 0 Å². The van der Waals surface area contributed by atoms with Gasteiger partial charge in [-0.1, -0.05) is 31.2 Å². The van der Waals surface area contributed by atoms with E-state index >= 15 is 0 Å². The number of hydrogen-bond donors (Lipinski definition) is 1. The van der Waals surface area contributed by atoms with E-state index in [9.17, 15) is 0 Å². The molecule has 0 amide bonds. The van der Waals surface area contributed by atoms with Crippen molar-refractivity contribution in [3.8, 4) is 0 Å². The molecule has 0 saturated carbocycles. The second kappa shape index (κ2) is 4.56. The van der Waals surface area contributed by atoms with Gasteiger partial charge in [-0.25, -0.2) is 0 Å². The summed E-state index contributed by atoms with van der Waals surface area (Å²) in [6.07, 6.45) is 0. The van der Waals surface area contributed by atoms with Gasteiger partial charge in [0.05, 0.1) is 13.2 Å². The van der Waals surface area contributed by atoms with E-state index in [1.54, 1.807) is 0 Å². The maximum atomic E-state index is 5.26. The summed E-state index contributed by atoms with van der Waals surface area (Å²) in [5.41, 5.74) is 3.10. The molecule has 1 aromatic rings. The highest BCUT2D eigenvalue weighted by molar-refractivity contribution is 5.28. The van der Waals surface area contributed by atoms with Crippen LogP contribution in [0.5, 0.6) is 0 Å². The molecule has 2 nitrogen and oxygen atoms in total. The molecule has 16 heavy (non-hydrogen) atoms. The molecule has 1 N–H and O–H groups in total. The van der Waals surface area contributed by atoms with E-state index in [0.717, 1.165) is 19.8 Å². The van der Waals surface area contributed by atoms with Gasteiger partial charge in [-0.3, -0.25) is 0 Å². The summed E-state index contributed by atoms with van der Waals surface area (Å²) in [6, 6.07) is 8.98. The molecule has 1 aromatic carbocycles. The number of ether oxygens (including phenoxy) is 1. The zero-order valence-electron chi connectivity index (χ0n) is 10.4. The molecule has 1 atom stereocenters. The quantitative estimate of drug-likeness (QED) is 0.840. The molecule has 2 rings (SSSR count). The van der Waals surface area contributed by atoms with Crippen molar-refractivity contribution < 1.29 is 4.74 Å². The van der Waals surface area contributed by atoms with Crippen molar-refractivity contribution in [1.82, 2.24) is 5.32 Å². The van der Waals surface area contributed by atoms with Crippen LogP contribution in [0.2, 0.25) is 0 Å². The Balaban J connectivity index is 1.93. The van der Waals surface area contributed by atoms with E-state index < -0.39 is 0 Å². The molecule has 1 aliphatic rings. The molecule has 0 unspecified atom stereocenters. The highest BCUT2D eigenvalue weighted by Gasteiger charge is 2.33. The normalized spacial score (nSPS) is 20.2. The first kappa shape index (κ1) is 11.6. The Morgan fingerprint density at radius 3 is 2.62 bits per heavy atom. The molecule has 0 bridgehead atoms. The van der Waals surface area contributed by atoms with Crippen molar-refractivity contribution >= 4 is 0 Å². The van der Waals surface area contributed by atoms with Crippen molar-refractivity contribution in [2.45, 2.75) is 26.8 Å². The van der Waals surface area contributed by atoms with Crippen molar-refractivity contribution in [2.75, 3.05) is 19.8 Å². The number of rotatable bonds is 4. The maximum Gasteiger partial charge on any atom is 0.0554 e. The second-order valence-corrected chi connectivity index (χ2v) is 5.26. The highest BCUT2D eigenvalue weighted by Crippen LogP contribution is 2.26. The SMILES string of the molecule is Cc1ccccc1[C@H](C)NCC1(C)COC1. The van der Waals surface area contributed by atoms with E-state index in [2.05, 4.69) is 50.4 Å². The Hall–Kier alpha value is -0.860. The third-order valence-electron chi connectivity index (χ3n) is 3.39. The minimum absolute atomic E-state index is 0.344. The summed E-state index contributed by atoms with van der Waals surface area (Å²) in [7, 11) is 0. The van der Waals surface area contributed by atoms with Gasteiger partial charge in [0.1, 0.15) is 0 Å². The highest BCUT2D eigenvalue weighted by atomic mass is 16.5. The molecule has 0 spiro atoms. The predicted molar refractivity (Wildman–Crippen MR) is 66.5 cm³/mol. The van der Waals surface area contributed by atoms with Gasteiger partial charge in [0.15, 0.2) is 0 Å². The largest absolute Gasteiger partial charge is 0.380 e. The van der Waals surface area contributed by atoms with Gasteiger partial charge in [-0.2, -0.15) is 0 Å². The van der Waals surface area contributed by atoms with Crippen LogP contribution in [0.1, 0.15) is 31.0 Å². The maximum absolute atomic E-state index is 5.26. The number of nitrogens with one attached hydrogen (secondary N) is 1. The predicted octanol–water partition coefficient (Wildman–Crippen LogP) is 2.68. The van der Waals surface area contributed by atoms with E-state index in [-0.39, 0.29) is 0 Å². The van der Waals surface area contributed by atoms with Crippen molar-refractivity contribution in [1.29, 1.82) is 0 Å². The van der Waals surface area contributed by atoms with Gasteiger partial charge in [0.2, 0.25) is 0 Å². The van der Waals surface area contributed by atoms with Crippen LogP contribution >= 0.6 is 0 Å². The Labute approximate surface area is 98.0 Å². The average Bonchev–Trinajstić information content (AvgIpc) is 2.24. The van der Waals surface area contributed by atoms with E-state index in [1.807, 2.05) is 0 Å².